The first kappa shape index (κ1) is 15.3. The van der Waals surface area contributed by atoms with Crippen molar-refractivity contribution in [2.75, 3.05) is 0 Å². The van der Waals surface area contributed by atoms with Crippen LogP contribution in [0.3, 0.4) is 0 Å². The van der Waals surface area contributed by atoms with Crippen LogP contribution in [0.5, 0.6) is 0 Å². The molecule has 5 heteroatoms. The van der Waals surface area contributed by atoms with E-state index in [9.17, 15) is 18.0 Å². The van der Waals surface area contributed by atoms with Crippen LogP contribution in [0.15, 0.2) is 36.4 Å². The highest BCUT2D eigenvalue weighted by molar-refractivity contribution is 6.04. The first-order valence-corrected chi connectivity index (χ1v) is 7.07. The fourth-order valence-corrected chi connectivity index (χ4v) is 2.64. The molecule has 0 aliphatic carbocycles. The van der Waals surface area contributed by atoms with Gasteiger partial charge < -0.3 is 4.98 Å². The maximum atomic E-state index is 12.9. The first-order chi connectivity index (χ1) is 10.8. The predicted octanol–water partition coefficient (Wildman–Crippen LogP) is 5.28. The van der Waals surface area contributed by atoms with Crippen LogP contribution >= 0.6 is 0 Å². The van der Waals surface area contributed by atoms with Crippen molar-refractivity contribution in [2.24, 2.45) is 0 Å². The first-order valence-electron chi connectivity index (χ1n) is 7.07. The normalized spacial score (nSPS) is 11.9. The molecule has 0 unspecified atom stereocenters. The minimum Gasteiger partial charge on any atom is -0.354 e. The summed E-state index contributed by atoms with van der Waals surface area (Å²) in [6, 6.07) is 9.07. The zero-order valence-corrected chi connectivity index (χ0v) is 12.6. The van der Waals surface area contributed by atoms with Gasteiger partial charge in [0.05, 0.1) is 11.3 Å². The molecule has 0 saturated carbocycles. The van der Waals surface area contributed by atoms with E-state index in [1.54, 1.807) is 0 Å². The molecule has 0 fully saturated rings. The highest BCUT2D eigenvalue weighted by Gasteiger charge is 2.31. The van der Waals surface area contributed by atoms with E-state index in [4.69, 9.17) is 0 Å². The number of hydrogen-bond donors (Lipinski definition) is 1. The Labute approximate surface area is 130 Å². The van der Waals surface area contributed by atoms with Gasteiger partial charge in [0.15, 0.2) is 6.29 Å². The van der Waals surface area contributed by atoms with Gasteiger partial charge in [-0.15, -0.1) is 0 Å². The molecule has 1 N–H and O–H groups in total. The number of fused-ring (bicyclic) bond motifs is 1. The molecule has 0 atom stereocenters. The van der Waals surface area contributed by atoms with Gasteiger partial charge >= 0.3 is 6.18 Å². The lowest BCUT2D eigenvalue weighted by Gasteiger charge is -2.06. The van der Waals surface area contributed by atoms with Crippen LogP contribution in [0.4, 0.5) is 13.2 Å². The molecule has 2 aromatic carbocycles. The maximum Gasteiger partial charge on any atom is 0.416 e. The Morgan fingerprint density at radius 2 is 1.74 bits per heavy atom. The van der Waals surface area contributed by atoms with Crippen molar-refractivity contribution < 1.29 is 18.0 Å². The van der Waals surface area contributed by atoms with E-state index in [1.165, 1.54) is 6.07 Å². The monoisotopic (exact) mass is 317 g/mol. The number of carbonyl (C=O) groups is 1. The number of H-pyrrole nitrogens is 1. The lowest BCUT2D eigenvalue weighted by Crippen LogP contribution is -2.04. The highest BCUT2D eigenvalue weighted by Crippen LogP contribution is 2.35. The number of alkyl halides is 3. The molecule has 0 bridgehead atoms. The summed E-state index contributed by atoms with van der Waals surface area (Å²) in [6.45, 7) is 3.92. The van der Waals surface area contributed by atoms with Crippen molar-refractivity contribution in [1.82, 2.24) is 4.98 Å². The Balaban J connectivity index is 2.25. The molecule has 3 rings (SSSR count). The van der Waals surface area contributed by atoms with Gasteiger partial charge in [-0.2, -0.15) is 13.2 Å². The van der Waals surface area contributed by atoms with E-state index in [2.05, 4.69) is 4.98 Å². The molecule has 0 saturated heterocycles. The van der Waals surface area contributed by atoms with Gasteiger partial charge in [-0.3, -0.25) is 4.79 Å². The molecule has 0 amide bonds. The quantitative estimate of drug-likeness (QED) is 0.641. The van der Waals surface area contributed by atoms with E-state index in [-0.39, 0.29) is 10.9 Å². The van der Waals surface area contributed by atoms with Crippen molar-refractivity contribution >= 4 is 17.2 Å². The average Bonchev–Trinajstić information content (AvgIpc) is 2.86. The molecule has 1 heterocycles. The lowest BCUT2D eigenvalue weighted by molar-refractivity contribution is -0.137. The number of benzene rings is 2. The largest absolute Gasteiger partial charge is 0.416 e. The van der Waals surface area contributed by atoms with Gasteiger partial charge in [-0.25, -0.2) is 0 Å². The van der Waals surface area contributed by atoms with Gasteiger partial charge in [0.2, 0.25) is 0 Å². The molecular formula is C18H14F3NO. The molecule has 2 nitrogen and oxygen atoms in total. The average molecular weight is 317 g/mol. The van der Waals surface area contributed by atoms with Crippen LogP contribution in [0.1, 0.15) is 27.0 Å². The van der Waals surface area contributed by atoms with Crippen molar-refractivity contribution in [3.63, 3.8) is 0 Å². The van der Waals surface area contributed by atoms with Gasteiger partial charge in [0, 0.05) is 16.5 Å². The zero-order valence-electron chi connectivity index (χ0n) is 12.6. The summed E-state index contributed by atoms with van der Waals surface area (Å²) in [5.41, 5.74) is 3.46. The van der Waals surface area contributed by atoms with Crippen LogP contribution in [-0.4, -0.2) is 11.3 Å². The molecule has 0 aliphatic rings. The van der Waals surface area contributed by atoms with Crippen molar-refractivity contribution in [3.05, 3.63) is 58.7 Å². The van der Waals surface area contributed by atoms with Gasteiger partial charge in [0.25, 0.3) is 0 Å². The van der Waals surface area contributed by atoms with Crippen LogP contribution in [-0.2, 0) is 6.18 Å². The van der Waals surface area contributed by atoms with Gasteiger partial charge in [-0.1, -0.05) is 12.1 Å². The molecule has 23 heavy (non-hydrogen) atoms. The molecule has 1 aromatic heterocycles. The molecular weight excluding hydrogens is 303 g/mol. The minimum atomic E-state index is -4.44. The number of aromatic amines is 1. The lowest BCUT2D eigenvalue weighted by atomic mass is 10.0. The third-order valence-corrected chi connectivity index (χ3v) is 4.08. The van der Waals surface area contributed by atoms with Crippen molar-refractivity contribution in [2.45, 2.75) is 20.0 Å². The SMILES string of the molecule is Cc1ccc(-c2[nH]c3ccc(C(F)(F)F)cc3c2C=O)cc1C. The summed E-state index contributed by atoms with van der Waals surface area (Å²) in [5.74, 6) is 0. The number of nitrogens with one attached hydrogen (secondary N) is 1. The van der Waals surface area contributed by atoms with Crippen molar-refractivity contribution in [3.8, 4) is 11.3 Å². The van der Waals surface area contributed by atoms with Crippen LogP contribution in [0, 0.1) is 13.8 Å². The molecule has 0 radical (unpaired) electrons. The van der Waals surface area contributed by atoms with Gasteiger partial charge in [0.1, 0.15) is 0 Å². The van der Waals surface area contributed by atoms with Crippen LogP contribution in [0.2, 0.25) is 0 Å². The van der Waals surface area contributed by atoms with Crippen molar-refractivity contribution in [1.29, 1.82) is 0 Å². The Kier molecular flexibility index (Phi) is 3.51. The van der Waals surface area contributed by atoms with E-state index in [1.807, 2.05) is 32.0 Å². The third-order valence-electron chi connectivity index (χ3n) is 4.08. The standard InChI is InChI=1S/C18H14F3NO/c1-10-3-4-12(7-11(10)2)17-15(9-23)14-8-13(18(19,20)21)5-6-16(14)22-17/h3-9,22H,1-2H3. The van der Waals surface area contributed by atoms with Gasteiger partial charge in [-0.05, 0) is 54.8 Å². The number of rotatable bonds is 2. The fourth-order valence-electron chi connectivity index (χ4n) is 2.64. The number of carbonyl (C=O) groups excluding carboxylic acids is 1. The smallest absolute Gasteiger partial charge is 0.354 e. The van der Waals surface area contributed by atoms with Crippen LogP contribution < -0.4 is 0 Å². The summed E-state index contributed by atoms with van der Waals surface area (Å²) in [4.78, 5) is 14.5. The summed E-state index contributed by atoms with van der Waals surface area (Å²) >= 11 is 0. The van der Waals surface area contributed by atoms with E-state index < -0.39 is 11.7 Å². The van der Waals surface area contributed by atoms with E-state index >= 15 is 0 Å². The highest BCUT2D eigenvalue weighted by atomic mass is 19.4. The molecule has 118 valence electrons. The Morgan fingerprint density at radius 3 is 2.35 bits per heavy atom. The third kappa shape index (κ3) is 2.63. The summed E-state index contributed by atoms with van der Waals surface area (Å²) in [6.07, 6.45) is -3.84. The molecule has 3 aromatic rings. The summed E-state index contributed by atoms with van der Waals surface area (Å²) in [5, 5.41) is 0.281. The Hall–Kier alpha value is -2.56. The zero-order chi connectivity index (χ0) is 16.8. The van der Waals surface area contributed by atoms with Crippen LogP contribution in [0.25, 0.3) is 22.2 Å². The second-order valence-electron chi connectivity index (χ2n) is 5.59. The maximum absolute atomic E-state index is 12.9. The van der Waals surface area contributed by atoms with E-state index in [0.29, 0.717) is 17.5 Å². The second-order valence-corrected chi connectivity index (χ2v) is 5.59. The number of halogens is 3. The summed E-state index contributed by atoms with van der Waals surface area (Å²) in [7, 11) is 0. The number of aromatic nitrogens is 1. The number of aryl methyl sites for hydroxylation is 2. The second kappa shape index (κ2) is 5.26. The number of aldehydes is 1. The molecule has 0 spiro atoms. The Morgan fingerprint density at radius 1 is 1.00 bits per heavy atom. The minimum absolute atomic E-state index is 0.245. The molecule has 0 aliphatic heterocycles. The Bertz CT molecular complexity index is 907. The van der Waals surface area contributed by atoms with E-state index in [0.717, 1.165) is 28.8 Å². The topological polar surface area (TPSA) is 32.9 Å². The number of hydrogen-bond acceptors (Lipinski definition) is 1. The fraction of sp³-hybridized carbons (Fsp3) is 0.167. The summed E-state index contributed by atoms with van der Waals surface area (Å²) < 4.78 is 38.6. The predicted molar refractivity (Wildman–Crippen MR) is 83.6 cm³/mol.